The van der Waals surface area contributed by atoms with E-state index in [1.165, 1.54) is 0 Å². The molecular weight excluding hydrogens is 142 g/mol. The van der Waals surface area contributed by atoms with Gasteiger partial charge in [-0.15, -0.1) is 0 Å². The zero-order valence-corrected chi connectivity index (χ0v) is 6.66. The fourth-order valence-electron chi connectivity index (χ4n) is 0.752. The minimum Gasteiger partial charge on any atom is -0.382 e. The van der Waals surface area contributed by atoms with Gasteiger partial charge in [-0.3, -0.25) is 0 Å². The lowest BCUT2D eigenvalue weighted by atomic mass is 10.5. The second-order valence-corrected chi connectivity index (χ2v) is 2.32. The summed E-state index contributed by atoms with van der Waals surface area (Å²) in [5.74, 6) is 0.532. The van der Waals surface area contributed by atoms with Crippen LogP contribution in [0, 0.1) is 0 Å². The van der Waals surface area contributed by atoms with Crippen molar-refractivity contribution in [3.05, 3.63) is 12.3 Å². The van der Waals surface area contributed by atoms with Crippen molar-refractivity contribution in [3.8, 4) is 0 Å². The third kappa shape index (κ3) is 2.59. The van der Waals surface area contributed by atoms with Gasteiger partial charge in [-0.25, -0.2) is 4.68 Å². The summed E-state index contributed by atoms with van der Waals surface area (Å²) in [6, 6.07) is 1.75. The molecule has 0 radical (unpaired) electrons. The third-order valence-corrected chi connectivity index (χ3v) is 1.23. The van der Waals surface area contributed by atoms with E-state index in [2.05, 4.69) is 12.0 Å². The highest BCUT2D eigenvalue weighted by Crippen LogP contribution is 1.95. The van der Waals surface area contributed by atoms with Crippen molar-refractivity contribution in [1.29, 1.82) is 0 Å². The average Bonchev–Trinajstić information content (AvgIpc) is 2.37. The van der Waals surface area contributed by atoms with Crippen molar-refractivity contribution in [3.63, 3.8) is 0 Å². The van der Waals surface area contributed by atoms with E-state index < -0.39 is 0 Å². The zero-order chi connectivity index (χ0) is 8.10. The molecule has 62 valence electrons. The van der Waals surface area contributed by atoms with Gasteiger partial charge in [0.05, 0.1) is 0 Å². The Balaban J connectivity index is 2.27. The summed E-state index contributed by atoms with van der Waals surface area (Å²) in [6.45, 7) is 3.32. The fourth-order valence-corrected chi connectivity index (χ4v) is 0.752. The van der Waals surface area contributed by atoms with Crippen molar-refractivity contribution < 1.29 is 4.74 Å². The van der Waals surface area contributed by atoms with Crippen LogP contribution in [0.5, 0.6) is 0 Å². The predicted molar refractivity (Wildman–Crippen MR) is 42.9 cm³/mol. The minimum atomic E-state index is 0.491. The molecule has 0 amide bonds. The molecule has 1 aromatic heterocycles. The molecule has 0 fully saturated rings. The Bertz CT molecular complexity index is 209. The van der Waals surface area contributed by atoms with Crippen LogP contribution in [0.15, 0.2) is 12.3 Å². The van der Waals surface area contributed by atoms with Gasteiger partial charge in [-0.05, 0) is 6.42 Å². The summed E-state index contributed by atoms with van der Waals surface area (Å²) < 4.78 is 6.90. The number of hydrogen-bond acceptors (Lipinski definition) is 3. The standard InChI is InChI=1S/C7H13N3O/c1-2-5-11-6-10-4-3-7(8)9-10/h3-4H,2,5-6H2,1H3,(H2,8,9). The van der Waals surface area contributed by atoms with Crippen molar-refractivity contribution >= 4 is 5.82 Å². The van der Waals surface area contributed by atoms with E-state index in [-0.39, 0.29) is 0 Å². The largest absolute Gasteiger partial charge is 0.382 e. The first kappa shape index (κ1) is 8.07. The maximum absolute atomic E-state index is 5.40. The van der Waals surface area contributed by atoms with Crippen molar-refractivity contribution in [2.24, 2.45) is 0 Å². The SMILES string of the molecule is CCCOCn1ccc(N)n1. The van der Waals surface area contributed by atoms with Gasteiger partial charge in [-0.1, -0.05) is 6.92 Å². The van der Waals surface area contributed by atoms with E-state index >= 15 is 0 Å². The molecule has 11 heavy (non-hydrogen) atoms. The van der Waals surface area contributed by atoms with Crippen molar-refractivity contribution in [2.45, 2.75) is 20.1 Å². The summed E-state index contributed by atoms with van der Waals surface area (Å²) in [7, 11) is 0. The first-order chi connectivity index (χ1) is 5.33. The summed E-state index contributed by atoms with van der Waals surface area (Å²) in [6.07, 6.45) is 2.82. The van der Waals surface area contributed by atoms with E-state index in [1.807, 2.05) is 0 Å². The molecule has 1 aromatic rings. The highest BCUT2D eigenvalue weighted by atomic mass is 16.5. The fraction of sp³-hybridized carbons (Fsp3) is 0.571. The van der Waals surface area contributed by atoms with Crippen LogP contribution in [-0.2, 0) is 11.5 Å². The predicted octanol–water partition coefficient (Wildman–Crippen LogP) is 0.849. The van der Waals surface area contributed by atoms with Gasteiger partial charge in [0.15, 0.2) is 0 Å². The molecule has 0 bridgehead atoms. The second kappa shape index (κ2) is 3.98. The summed E-state index contributed by atoms with van der Waals surface area (Å²) >= 11 is 0. The molecule has 1 heterocycles. The van der Waals surface area contributed by atoms with Gasteiger partial charge in [0.1, 0.15) is 12.5 Å². The number of anilines is 1. The number of ether oxygens (including phenoxy) is 1. The van der Waals surface area contributed by atoms with Crippen LogP contribution >= 0.6 is 0 Å². The van der Waals surface area contributed by atoms with Crippen LogP contribution in [0.4, 0.5) is 5.82 Å². The summed E-state index contributed by atoms with van der Waals surface area (Å²) in [4.78, 5) is 0. The van der Waals surface area contributed by atoms with Crippen molar-refractivity contribution in [1.82, 2.24) is 9.78 Å². The average molecular weight is 155 g/mol. The lowest BCUT2D eigenvalue weighted by Gasteiger charge is -2.00. The van der Waals surface area contributed by atoms with E-state index in [1.54, 1.807) is 16.9 Å². The number of nitrogens with zero attached hydrogens (tertiary/aromatic N) is 2. The molecule has 0 saturated carbocycles. The molecule has 4 nitrogen and oxygen atoms in total. The number of nitrogen functional groups attached to an aromatic ring is 1. The zero-order valence-electron chi connectivity index (χ0n) is 6.66. The number of aromatic nitrogens is 2. The molecular formula is C7H13N3O. The molecule has 0 atom stereocenters. The van der Waals surface area contributed by atoms with Crippen LogP contribution < -0.4 is 5.73 Å². The Kier molecular flexibility index (Phi) is 2.92. The topological polar surface area (TPSA) is 53.1 Å². The monoisotopic (exact) mass is 155 g/mol. The first-order valence-electron chi connectivity index (χ1n) is 3.69. The smallest absolute Gasteiger partial charge is 0.145 e. The Morgan fingerprint density at radius 1 is 1.73 bits per heavy atom. The molecule has 0 spiro atoms. The lowest BCUT2D eigenvalue weighted by molar-refractivity contribution is 0.0695. The van der Waals surface area contributed by atoms with Crippen LogP contribution in [0.1, 0.15) is 13.3 Å². The Morgan fingerprint density at radius 2 is 2.55 bits per heavy atom. The number of nitrogens with two attached hydrogens (primary N) is 1. The number of hydrogen-bond donors (Lipinski definition) is 1. The van der Waals surface area contributed by atoms with Gasteiger partial charge < -0.3 is 10.5 Å². The molecule has 0 unspecified atom stereocenters. The van der Waals surface area contributed by atoms with Crippen LogP contribution in [0.25, 0.3) is 0 Å². The molecule has 2 N–H and O–H groups in total. The van der Waals surface area contributed by atoms with Gasteiger partial charge in [-0.2, -0.15) is 5.10 Å². The van der Waals surface area contributed by atoms with Crippen LogP contribution in [0.2, 0.25) is 0 Å². The molecule has 0 aromatic carbocycles. The van der Waals surface area contributed by atoms with Crippen LogP contribution in [-0.4, -0.2) is 16.4 Å². The first-order valence-corrected chi connectivity index (χ1v) is 3.69. The van der Waals surface area contributed by atoms with E-state index in [9.17, 15) is 0 Å². The van der Waals surface area contributed by atoms with Crippen molar-refractivity contribution in [2.75, 3.05) is 12.3 Å². The maximum Gasteiger partial charge on any atom is 0.145 e. The Morgan fingerprint density at radius 3 is 3.09 bits per heavy atom. The second-order valence-electron chi connectivity index (χ2n) is 2.32. The summed E-state index contributed by atoms with van der Waals surface area (Å²) in [5, 5.41) is 3.95. The summed E-state index contributed by atoms with van der Waals surface area (Å²) in [5.41, 5.74) is 5.40. The number of rotatable bonds is 4. The van der Waals surface area contributed by atoms with E-state index in [4.69, 9.17) is 10.5 Å². The van der Waals surface area contributed by atoms with E-state index in [0.717, 1.165) is 13.0 Å². The Labute approximate surface area is 66.0 Å². The molecule has 0 saturated heterocycles. The molecule has 4 heteroatoms. The van der Waals surface area contributed by atoms with Gasteiger partial charge in [0.25, 0.3) is 0 Å². The molecule has 0 aliphatic carbocycles. The molecule has 0 aliphatic heterocycles. The molecule has 1 rings (SSSR count). The van der Waals surface area contributed by atoms with E-state index in [0.29, 0.717) is 12.5 Å². The Hall–Kier alpha value is -1.03. The van der Waals surface area contributed by atoms with Crippen LogP contribution in [0.3, 0.4) is 0 Å². The molecule has 0 aliphatic rings. The highest BCUT2D eigenvalue weighted by Gasteiger charge is 1.92. The normalized spacial score (nSPS) is 10.3. The van der Waals surface area contributed by atoms with Gasteiger partial charge in [0, 0.05) is 18.9 Å². The van der Waals surface area contributed by atoms with Gasteiger partial charge in [0.2, 0.25) is 0 Å². The lowest BCUT2D eigenvalue weighted by Crippen LogP contribution is -2.04. The quantitative estimate of drug-likeness (QED) is 0.656. The maximum atomic E-state index is 5.40. The third-order valence-electron chi connectivity index (χ3n) is 1.23. The van der Waals surface area contributed by atoms with Gasteiger partial charge >= 0.3 is 0 Å². The highest BCUT2D eigenvalue weighted by molar-refractivity contribution is 5.23. The minimum absolute atomic E-state index is 0.491.